The molecule has 0 saturated carbocycles. The fraction of sp³-hybridized carbons (Fsp3) is 0.500. The summed E-state index contributed by atoms with van der Waals surface area (Å²) in [5, 5.41) is 0. The van der Waals surface area contributed by atoms with Gasteiger partial charge in [-0.1, -0.05) is 6.08 Å². The molecule has 0 radical (unpaired) electrons. The highest BCUT2D eigenvalue weighted by atomic mass is 127. The Morgan fingerprint density at radius 1 is 1.15 bits per heavy atom. The molecular formula is C20H28INO5. The molecule has 0 atom stereocenters. The molecule has 0 bridgehead atoms. The van der Waals surface area contributed by atoms with Crippen LogP contribution in [0.25, 0.3) is 0 Å². The van der Waals surface area contributed by atoms with Crippen LogP contribution >= 0.6 is 22.6 Å². The number of benzene rings is 1. The van der Waals surface area contributed by atoms with E-state index in [2.05, 4.69) is 22.6 Å². The molecule has 27 heavy (non-hydrogen) atoms. The lowest BCUT2D eigenvalue weighted by molar-refractivity contribution is -0.137. The largest absolute Gasteiger partial charge is 0.492 e. The highest BCUT2D eigenvalue weighted by Crippen LogP contribution is 2.14. The number of carbonyl (C=O) groups is 2. The highest BCUT2D eigenvalue weighted by molar-refractivity contribution is 14.1. The number of carbonyl (C=O) groups excluding carboxylic acids is 2. The molecule has 150 valence electrons. The van der Waals surface area contributed by atoms with Crippen molar-refractivity contribution in [1.82, 2.24) is 4.90 Å². The van der Waals surface area contributed by atoms with Crippen molar-refractivity contribution in [2.75, 3.05) is 26.3 Å². The van der Waals surface area contributed by atoms with Crippen molar-refractivity contribution in [2.45, 2.75) is 39.7 Å². The summed E-state index contributed by atoms with van der Waals surface area (Å²) in [6, 6.07) is 7.70. The van der Waals surface area contributed by atoms with Gasteiger partial charge in [-0.2, -0.15) is 0 Å². The standard InChI is InChI=1S/C20H28INO5/c1-5-25-18(23)8-6-7-13-22(19(24)27-20(2,3)4)14-15-26-17-11-9-16(21)10-12-17/h6,8-12H,5,7,13-15H2,1-4H3/b8-6+. The molecule has 1 aromatic rings. The minimum atomic E-state index is -0.576. The van der Waals surface area contributed by atoms with Crippen molar-refractivity contribution in [2.24, 2.45) is 0 Å². The van der Waals surface area contributed by atoms with Gasteiger partial charge < -0.3 is 19.1 Å². The molecule has 7 heteroatoms. The van der Waals surface area contributed by atoms with E-state index in [0.717, 1.165) is 9.32 Å². The van der Waals surface area contributed by atoms with Gasteiger partial charge in [-0.3, -0.25) is 0 Å². The van der Waals surface area contributed by atoms with Crippen LogP contribution in [0.15, 0.2) is 36.4 Å². The Balaban J connectivity index is 2.57. The number of esters is 1. The summed E-state index contributed by atoms with van der Waals surface area (Å²) in [6.07, 6.45) is 3.17. The van der Waals surface area contributed by atoms with Crippen LogP contribution in [0.2, 0.25) is 0 Å². The van der Waals surface area contributed by atoms with Gasteiger partial charge in [-0.15, -0.1) is 0 Å². The summed E-state index contributed by atoms with van der Waals surface area (Å²) in [5.74, 6) is 0.366. The van der Waals surface area contributed by atoms with Crippen molar-refractivity contribution >= 4 is 34.7 Å². The van der Waals surface area contributed by atoms with Gasteiger partial charge in [0.2, 0.25) is 0 Å². The number of nitrogens with zero attached hydrogens (tertiary/aromatic N) is 1. The first kappa shape index (κ1) is 23.3. The van der Waals surface area contributed by atoms with Crippen LogP contribution in [-0.2, 0) is 14.3 Å². The molecule has 1 amide bonds. The topological polar surface area (TPSA) is 65.1 Å². The molecule has 0 fully saturated rings. The Morgan fingerprint density at radius 2 is 1.81 bits per heavy atom. The predicted molar refractivity (Wildman–Crippen MR) is 113 cm³/mol. The van der Waals surface area contributed by atoms with Crippen molar-refractivity contribution in [3.8, 4) is 5.75 Å². The maximum absolute atomic E-state index is 12.4. The number of amides is 1. The van der Waals surface area contributed by atoms with E-state index in [-0.39, 0.29) is 5.97 Å². The van der Waals surface area contributed by atoms with E-state index >= 15 is 0 Å². The third kappa shape index (κ3) is 10.8. The maximum Gasteiger partial charge on any atom is 0.410 e. The van der Waals surface area contributed by atoms with E-state index in [1.807, 2.05) is 45.0 Å². The average molecular weight is 489 g/mol. The molecule has 0 unspecified atom stereocenters. The van der Waals surface area contributed by atoms with Crippen LogP contribution in [-0.4, -0.2) is 48.9 Å². The van der Waals surface area contributed by atoms with Crippen molar-refractivity contribution in [3.63, 3.8) is 0 Å². The lowest BCUT2D eigenvalue weighted by Gasteiger charge is -2.27. The van der Waals surface area contributed by atoms with E-state index in [4.69, 9.17) is 14.2 Å². The van der Waals surface area contributed by atoms with Gasteiger partial charge in [-0.05, 0) is 81.0 Å². The smallest absolute Gasteiger partial charge is 0.410 e. The Labute approximate surface area is 175 Å². The third-order valence-corrected chi connectivity index (χ3v) is 3.92. The van der Waals surface area contributed by atoms with Gasteiger partial charge >= 0.3 is 12.1 Å². The average Bonchev–Trinajstić information content (AvgIpc) is 2.57. The second kappa shape index (κ2) is 11.8. The Morgan fingerprint density at radius 3 is 2.41 bits per heavy atom. The molecule has 1 rings (SSSR count). The van der Waals surface area contributed by atoms with Crippen LogP contribution < -0.4 is 4.74 Å². The number of ether oxygens (including phenoxy) is 3. The molecule has 0 aliphatic rings. The summed E-state index contributed by atoms with van der Waals surface area (Å²) in [6.45, 7) is 8.71. The summed E-state index contributed by atoms with van der Waals surface area (Å²) in [7, 11) is 0. The van der Waals surface area contributed by atoms with Gasteiger partial charge in [0.05, 0.1) is 13.2 Å². The predicted octanol–water partition coefficient (Wildman–Crippen LogP) is 4.42. The van der Waals surface area contributed by atoms with E-state index < -0.39 is 11.7 Å². The molecule has 0 saturated heterocycles. The molecule has 0 aliphatic heterocycles. The minimum absolute atomic E-state index is 0.336. The van der Waals surface area contributed by atoms with Crippen molar-refractivity contribution < 1.29 is 23.8 Å². The molecule has 0 N–H and O–H groups in total. The fourth-order valence-corrected chi connectivity index (χ4v) is 2.39. The maximum atomic E-state index is 12.4. The monoisotopic (exact) mass is 489 g/mol. The number of hydrogen-bond acceptors (Lipinski definition) is 5. The van der Waals surface area contributed by atoms with E-state index in [9.17, 15) is 9.59 Å². The molecule has 0 aliphatic carbocycles. The Hall–Kier alpha value is -1.77. The summed E-state index contributed by atoms with van der Waals surface area (Å²) < 4.78 is 17.1. The Bertz CT molecular complexity index is 622. The van der Waals surface area contributed by atoms with Crippen LogP contribution in [0, 0.1) is 3.57 Å². The lowest BCUT2D eigenvalue weighted by atomic mass is 10.2. The summed E-state index contributed by atoms with van der Waals surface area (Å²) in [4.78, 5) is 25.3. The quantitative estimate of drug-likeness (QED) is 0.292. The first-order chi connectivity index (χ1) is 12.7. The van der Waals surface area contributed by atoms with Crippen LogP contribution in [0.1, 0.15) is 34.1 Å². The highest BCUT2D eigenvalue weighted by Gasteiger charge is 2.21. The fourth-order valence-electron chi connectivity index (χ4n) is 2.03. The Kier molecular flexibility index (Phi) is 10.2. The zero-order chi connectivity index (χ0) is 20.3. The van der Waals surface area contributed by atoms with Gasteiger partial charge in [-0.25, -0.2) is 9.59 Å². The van der Waals surface area contributed by atoms with E-state index in [1.165, 1.54) is 6.08 Å². The van der Waals surface area contributed by atoms with Gasteiger partial charge in [0.15, 0.2) is 0 Å². The first-order valence-electron chi connectivity index (χ1n) is 8.91. The van der Waals surface area contributed by atoms with Crippen molar-refractivity contribution in [1.29, 1.82) is 0 Å². The zero-order valence-electron chi connectivity index (χ0n) is 16.4. The molecular weight excluding hydrogens is 461 g/mol. The summed E-state index contributed by atoms with van der Waals surface area (Å²) in [5.41, 5.74) is -0.576. The van der Waals surface area contributed by atoms with Gasteiger partial charge in [0, 0.05) is 16.2 Å². The minimum Gasteiger partial charge on any atom is -0.492 e. The molecule has 0 spiro atoms. The van der Waals surface area contributed by atoms with E-state index in [1.54, 1.807) is 17.9 Å². The van der Waals surface area contributed by atoms with Crippen molar-refractivity contribution in [3.05, 3.63) is 40.0 Å². The number of hydrogen-bond donors (Lipinski definition) is 0. The van der Waals surface area contributed by atoms with Crippen LogP contribution in [0.5, 0.6) is 5.75 Å². The van der Waals surface area contributed by atoms with Crippen LogP contribution in [0.3, 0.4) is 0 Å². The van der Waals surface area contributed by atoms with Gasteiger partial charge in [0.25, 0.3) is 0 Å². The lowest BCUT2D eigenvalue weighted by Crippen LogP contribution is -2.39. The molecule has 1 aromatic carbocycles. The first-order valence-corrected chi connectivity index (χ1v) is 9.98. The number of rotatable bonds is 9. The van der Waals surface area contributed by atoms with Crippen LogP contribution in [0.4, 0.5) is 4.79 Å². The summed E-state index contributed by atoms with van der Waals surface area (Å²) >= 11 is 2.23. The molecule has 0 aromatic heterocycles. The normalized spacial score (nSPS) is 11.3. The van der Waals surface area contributed by atoms with Gasteiger partial charge in [0.1, 0.15) is 18.0 Å². The molecule has 0 heterocycles. The second-order valence-corrected chi connectivity index (χ2v) is 7.96. The SMILES string of the molecule is CCOC(=O)/C=C/CCN(CCOc1ccc(I)cc1)C(=O)OC(C)(C)C. The second-order valence-electron chi connectivity index (χ2n) is 6.71. The number of halogens is 1. The van der Waals surface area contributed by atoms with E-state index in [0.29, 0.717) is 32.7 Å². The third-order valence-electron chi connectivity index (χ3n) is 3.20. The zero-order valence-corrected chi connectivity index (χ0v) is 18.5. The molecule has 6 nitrogen and oxygen atoms in total.